The van der Waals surface area contributed by atoms with Crippen molar-refractivity contribution in [3.63, 3.8) is 0 Å². The molecule has 2 aromatic carbocycles. The zero-order valence-corrected chi connectivity index (χ0v) is 18.1. The summed E-state index contributed by atoms with van der Waals surface area (Å²) in [6, 6.07) is 13.9. The van der Waals surface area contributed by atoms with Gasteiger partial charge in [0.1, 0.15) is 5.60 Å². The van der Waals surface area contributed by atoms with Crippen molar-refractivity contribution in [2.75, 3.05) is 5.32 Å². The Morgan fingerprint density at radius 3 is 2.03 bits per heavy atom. The van der Waals surface area contributed by atoms with Crippen molar-refractivity contribution in [1.82, 2.24) is 5.32 Å². The molecule has 1 amide bonds. The van der Waals surface area contributed by atoms with Gasteiger partial charge in [-0.1, -0.05) is 24.3 Å². The minimum Gasteiger partial charge on any atom is -0.475 e. The van der Waals surface area contributed by atoms with Gasteiger partial charge in [-0.2, -0.15) is 13.2 Å². The molecule has 0 spiro atoms. The first-order valence-corrected chi connectivity index (χ1v) is 9.50. The van der Waals surface area contributed by atoms with Gasteiger partial charge in [0.05, 0.1) is 4.92 Å². The number of rotatable bonds is 6. The Kier molecular flexibility index (Phi) is 9.79. The third-order valence-electron chi connectivity index (χ3n) is 3.59. The Morgan fingerprint density at radius 1 is 1.03 bits per heavy atom. The van der Waals surface area contributed by atoms with Crippen LogP contribution in [0.25, 0.3) is 0 Å². The number of ether oxygens (including phenoxy) is 1. The van der Waals surface area contributed by atoms with Crippen LogP contribution in [0.2, 0.25) is 0 Å². The second-order valence-electron chi connectivity index (χ2n) is 7.66. The summed E-state index contributed by atoms with van der Waals surface area (Å²) in [6.45, 7) is 6.49. The van der Waals surface area contributed by atoms with E-state index in [1.807, 2.05) is 24.3 Å². The summed E-state index contributed by atoms with van der Waals surface area (Å²) < 4.78 is 37.0. The number of nitro groups is 1. The van der Waals surface area contributed by atoms with Crippen molar-refractivity contribution in [3.8, 4) is 0 Å². The number of nitro benzene ring substituents is 1. The SMILES string of the molecule is CC(C)(C)OC(=O)Nc1cccc(CNCc2cccc([N+](=O)[O-])c2)c1.O=C(O)C(F)(F)F. The molecule has 0 fully saturated rings. The van der Waals surface area contributed by atoms with E-state index < -0.39 is 28.8 Å². The number of carboxylic acid groups (broad SMARTS) is 1. The largest absolute Gasteiger partial charge is 0.490 e. The summed E-state index contributed by atoms with van der Waals surface area (Å²) >= 11 is 0. The van der Waals surface area contributed by atoms with Gasteiger partial charge < -0.3 is 15.2 Å². The molecule has 0 aliphatic carbocycles. The molecule has 33 heavy (non-hydrogen) atoms. The first-order chi connectivity index (χ1) is 15.2. The van der Waals surface area contributed by atoms with E-state index in [0.29, 0.717) is 18.8 Å². The van der Waals surface area contributed by atoms with Gasteiger partial charge in [-0.05, 0) is 44.0 Å². The molecule has 2 rings (SSSR count). The van der Waals surface area contributed by atoms with Crippen molar-refractivity contribution < 1.29 is 37.5 Å². The number of nitrogens with zero attached hydrogens (tertiary/aromatic N) is 1. The number of carboxylic acids is 1. The fraction of sp³-hybridized carbons (Fsp3) is 0.333. The highest BCUT2D eigenvalue weighted by atomic mass is 19.4. The number of alkyl halides is 3. The van der Waals surface area contributed by atoms with Crippen LogP contribution in [0, 0.1) is 10.1 Å². The molecule has 180 valence electrons. The zero-order valence-electron chi connectivity index (χ0n) is 18.1. The van der Waals surface area contributed by atoms with E-state index in [-0.39, 0.29) is 5.69 Å². The lowest BCUT2D eigenvalue weighted by Gasteiger charge is -2.19. The number of benzene rings is 2. The lowest BCUT2D eigenvalue weighted by Crippen LogP contribution is -2.27. The monoisotopic (exact) mass is 471 g/mol. The van der Waals surface area contributed by atoms with Crippen molar-refractivity contribution in [2.24, 2.45) is 0 Å². The van der Waals surface area contributed by atoms with E-state index in [2.05, 4.69) is 10.6 Å². The second-order valence-corrected chi connectivity index (χ2v) is 7.66. The molecule has 0 aromatic heterocycles. The van der Waals surface area contributed by atoms with E-state index in [9.17, 15) is 28.1 Å². The summed E-state index contributed by atoms with van der Waals surface area (Å²) in [6.07, 6.45) is -5.58. The molecule has 0 aliphatic rings. The summed E-state index contributed by atoms with van der Waals surface area (Å²) in [7, 11) is 0. The maximum Gasteiger partial charge on any atom is 0.490 e. The minimum atomic E-state index is -5.08. The number of carbonyl (C=O) groups excluding carboxylic acids is 1. The molecule has 0 aliphatic heterocycles. The first-order valence-electron chi connectivity index (χ1n) is 9.50. The standard InChI is InChI=1S/C19H23N3O4.C2HF3O2/c1-19(2,3)26-18(23)21-16-8-4-6-14(10-16)12-20-13-15-7-5-9-17(11-15)22(24)25;3-2(4,5)1(6)7/h4-11,20H,12-13H2,1-3H3,(H,21,23);(H,6,7). The number of amides is 1. The molecule has 0 heterocycles. The quantitative estimate of drug-likeness (QED) is 0.405. The van der Waals surface area contributed by atoms with Crippen LogP contribution < -0.4 is 10.6 Å². The molecular formula is C21H24F3N3O6. The number of nitrogens with one attached hydrogen (secondary N) is 2. The van der Waals surface area contributed by atoms with Crippen molar-refractivity contribution in [2.45, 2.75) is 45.6 Å². The first kappa shape index (κ1) is 27.4. The Morgan fingerprint density at radius 2 is 1.55 bits per heavy atom. The molecule has 3 N–H and O–H groups in total. The molecule has 0 saturated carbocycles. The molecule has 12 heteroatoms. The number of carbonyl (C=O) groups is 2. The highest BCUT2D eigenvalue weighted by molar-refractivity contribution is 5.84. The summed E-state index contributed by atoms with van der Waals surface area (Å²) in [5.41, 5.74) is 1.98. The predicted molar refractivity (Wildman–Crippen MR) is 114 cm³/mol. The Labute approximate surface area is 187 Å². The highest BCUT2D eigenvalue weighted by Crippen LogP contribution is 2.15. The second kappa shape index (κ2) is 11.8. The highest BCUT2D eigenvalue weighted by Gasteiger charge is 2.38. The minimum absolute atomic E-state index is 0.0767. The van der Waals surface area contributed by atoms with E-state index in [0.717, 1.165) is 11.1 Å². The maximum absolute atomic E-state index is 11.8. The normalized spacial score (nSPS) is 11.1. The van der Waals surface area contributed by atoms with Crippen LogP contribution in [0.5, 0.6) is 0 Å². The van der Waals surface area contributed by atoms with Gasteiger partial charge >= 0.3 is 18.2 Å². The zero-order chi connectivity index (χ0) is 25.2. The molecular weight excluding hydrogens is 447 g/mol. The van der Waals surface area contributed by atoms with E-state index in [1.165, 1.54) is 6.07 Å². The lowest BCUT2D eigenvalue weighted by atomic mass is 10.1. The molecule has 0 atom stereocenters. The molecule has 9 nitrogen and oxygen atoms in total. The van der Waals surface area contributed by atoms with Crippen LogP contribution in [0.15, 0.2) is 48.5 Å². The van der Waals surface area contributed by atoms with Gasteiger partial charge in [0.2, 0.25) is 0 Å². The van der Waals surface area contributed by atoms with Gasteiger partial charge in [0, 0.05) is 30.9 Å². The fourth-order valence-corrected chi connectivity index (χ4v) is 2.31. The van der Waals surface area contributed by atoms with E-state index in [4.69, 9.17) is 14.6 Å². The Hall–Kier alpha value is -3.67. The summed E-state index contributed by atoms with van der Waals surface area (Å²) in [4.78, 5) is 31.1. The number of anilines is 1. The van der Waals surface area contributed by atoms with Gasteiger partial charge in [-0.15, -0.1) is 0 Å². The number of hydrogen-bond donors (Lipinski definition) is 3. The average molecular weight is 471 g/mol. The van der Waals surface area contributed by atoms with Crippen molar-refractivity contribution in [3.05, 3.63) is 69.8 Å². The number of hydrogen-bond acceptors (Lipinski definition) is 6. The lowest BCUT2D eigenvalue weighted by molar-refractivity contribution is -0.384. The third kappa shape index (κ3) is 11.5. The van der Waals surface area contributed by atoms with Crippen LogP contribution in [0.1, 0.15) is 31.9 Å². The molecule has 0 unspecified atom stereocenters. The number of non-ortho nitro benzene ring substituents is 1. The number of aliphatic carboxylic acids is 1. The molecule has 0 saturated heterocycles. The summed E-state index contributed by atoms with van der Waals surface area (Å²) in [5.74, 6) is -2.76. The van der Waals surface area contributed by atoms with Gasteiger partial charge in [0.25, 0.3) is 5.69 Å². The van der Waals surface area contributed by atoms with Crippen LogP contribution in [-0.2, 0) is 22.6 Å². The Balaban J connectivity index is 0.000000675. The van der Waals surface area contributed by atoms with Crippen molar-refractivity contribution >= 4 is 23.4 Å². The third-order valence-corrected chi connectivity index (χ3v) is 3.59. The van der Waals surface area contributed by atoms with Gasteiger partial charge in [0.15, 0.2) is 0 Å². The van der Waals surface area contributed by atoms with Gasteiger partial charge in [-0.3, -0.25) is 15.4 Å². The maximum atomic E-state index is 11.8. The average Bonchev–Trinajstić information content (AvgIpc) is 2.66. The smallest absolute Gasteiger partial charge is 0.475 e. The molecule has 0 radical (unpaired) electrons. The molecule has 2 aromatic rings. The number of halogens is 3. The van der Waals surface area contributed by atoms with Gasteiger partial charge in [-0.25, -0.2) is 9.59 Å². The summed E-state index contributed by atoms with van der Waals surface area (Å²) in [5, 5.41) is 23.9. The van der Waals surface area contributed by atoms with E-state index >= 15 is 0 Å². The van der Waals surface area contributed by atoms with Crippen molar-refractivity contribution in [1.29, 1.82) is 0 Å². The topological polar surface area (TPSA) is 131 Å². The van der Waals surface area contributed by atoms with Crippen LogP contribution >= 0.6 is 0 Å². The van der Waals surface area contributed by atoms with Crippen LogP contribution in [0.4, 0.5) is 29.3 Å². The fourth-order valence-electron chi connectivity index (χ4n) is 2.31. The van der Waals surface area contributed by atoms with Crippen LogP contribution in [0.3, 0.4) is 0 Å². The Bertz CT molecular complexity index is 974. The predicted octanol–water partition coefficient (Wildman–Crippen LogP) is 4.86. The van der Waals surface area contributed by atoms with Crippen LogP contribution in [-0.4, -0.2) is 33.9 Å². The van der Waals surface area contributed by atoms with E-state index in [1.54, 1.807) is 39.0 Å². The molecule has 0 bridgehead atoms.